The lowest BCUT2D eigenvalue weighted by molar-refractivity contribution is -0.117. The molecule has 92 valence electrons. The summed E-state index contributed by atoms with van der Waals surface area (Å²) in [5.41, 5.74) is 0. The van der Waals surface area contributed by atoms with E-state index in [0.717, 1.165) is 19.5 Å². The quantitative estimate of drug-likeness (QED) is 0.861. The molecule has 0 bridgehead atoms. The van der Waals surface area contributed by atoms with Gasteiger partial charge < -0.3 is 10.6 Å². The highest BCUT2D eigenvalue weighted by Crippen LogP contribution is 2.20. The second-order valence-corrected chi connectivity index (χ2v) is 5.51. The molecule has 1 amide bonds. The number of aromatic nitrogens is 2. The van der Waals surface area contributed by atoms with Gasteiger partial charge in [0.05, 0.1) is 6.20 Å². The molecule has 2 heterocycles. The van der Waals surface area contributed by atoms with Crippen LogP contribution in [0.25, 0.3) is 0 Å². The van der Waals surface area contributed by atoms with E-state index >= 15 is 0 Å². The van der Waals surface area contributed by atoms with Crippen LogP contribution < -0.4 is 10.6 Å². The van der Waals surface area contributed by atoms with Crippen molar-refractivity contribution in [3.8, 4) is 0 Å². The smallest absolute Gasteiger partial charge is 0.225 e. The van der Waals surface area contributed by atoms with Gasteiger partial charge in [-0.2, -0.15) is 0 Å². The molecule has 1 aliphatic heterocycles. The first-order valence-corrected chi connectivity index (χ1v) is 6.92. The maximum atomic E-state index is 11.8. The van der Waals surface area contributed by atoms with Crippen molar-refractivity contribution in [2.24, 2.45) is 5.92 Å². The molecule has 0 aromatic carbocycles. The van der Waals surface area contributed by atoms with Crippen LogP contribution in [0.1, 0.15) is 12.8 Å². The summed E-state index contributed by atoms with van der Waals surface area (Å²) in [6.45, 7) is 1.92. The number of carbonyl (C=O) groups excluding carboxylic acids is 1. The van der Waals surface area contributed by atoms with E-state index in [0.29, 0.717) is 27.4 Å². The molecular weight excluding hydrogens is 352 g/mol. The summed E-state index contributed by atoms with van der Waals surface area (Å²) in [5, 5.41) is 5.99. The monoisotopic (exact) mass is 362 g/mol. The lowest BCUT2D eigenvalue weighted by Crippen LogP contribution is -2.19. The van der Waals surface area contributed by atoms with Gasteiger partial charge in [0.2, 0.25) is 5.91 Å². The van der Waals surface area contributed by atoms with Crippen LogP contribution in [0.15, 0.2) is 15.4 Å². The van der Waals surface area contributed by atoms with Gasteiger partial charge in [-0.3, -0.25) is 4.79 Å². The summed E-state index contributed by atoms with van der Waals surface area (Å²) in [7, 11) is 0. The zero-order valence-corrected chi connectivity index (χ0v) is 12.2. The zero-order chi connectivity index (χ0) is 12.3. The largest absolute Gasteiger partial charge is 0.316 e. The molecule has 0 radical (unpaired) electrons. The fourth-order valence-electron chi connectivity index (χ4n) is 1.76. The van der Waals surface area contributed by atoms with Crippen LogP contribution in [0.2, 0.25) is 0 Å². The van der Waals surface area contributed by atoms with Gasteiger partial charge in [-0.05, 0) is 57.3 Å². The van der Waals surface area contributed by atoms with E-state index in [1.54, 1.807) is 6.20 Å². The molecule has 2 N–H and O–H groups in total. The van der Waals surface area contributed by atoms with Crippen molar-refractivity contribution in [1.29, 1.82) is 0 Å². The predicted octanol–water partition coefficient (Wildman–Crippen LogP) is 1.94. The Morgan fingerprint density at radius 2 is 2.41 bits per heavy atom. The molecule has 1 saturated heterocycles. The van der Waals surface area contributed by atoms with Gasteiger partial charge in [0.1, 0.15) is 9.21 Å². The Hall–Kier alpha value is -0.530. The SMILES string of the molecule is O=C(CC1CCNC1)Nc1ncc(Br)nc1Br. The number of hydrogen-bond donors (Lipinski definition) is 2. The molecule has 1 fully saturated rings. The summed E-state index contributed by atoms with van der Waals surface area (Å²) >= 11 is 6.47. The average Bonchev–Trinajstić information content (AvgIpc) is 2.75. The van der Waals surface area contributed by atoms with Crippen LogP contribution >= 0.6 is 31.9 Å². The third-order valence-corrected chi connectivity index (χ3v) is 3.53. The fourth-order valence-corrected chi connectivity index (χ4v) is 2.67. The van der Waals surface area contributed by atoms with Crippen molar-refractivity contribution in [3.05, 3.63) is 15.4 Å². The highest BCUT2D eigenvalue weighted by molar-refractivity contribution is 9.11. The van der Waals surface area contributed by atoms with Gasteiger partial charge in [0.15, 0.2) is 5.82 Å². The summed E-state index contributed by atoms with van der Waals surface area (Å²) in [6, 6.07) is 0. The molecular formula is C10H12Br2N4O. The van der Waals surface area contributed by atoms with Crippen LogP contribution in [0.3, 0.4) is 0 Å². The minimum Gasteiger partial charge on any atom is -0.316 e. The maximum absolute atomic E-state index is 11.8. The molecule has 1 unspecified atom stereocenters. The second kappa shape index (κ2) is 5.88. The highest BCUT2D eigenvalue weighted by Gasteiger charge is 2.18. The summed E-state index contributed by atoms with van der Waals surface area (Å²) in [6.07, 6.45) is 3.13. The molecule has 5 nitrogen and oxygen atoms in total. The third-order valence-electron chi connectivity index (χ3n) is 2.59. The Morgan fingerprint density at radius 1 is 1.59 bits per heavy atom. The van der Waals surface area contributed by atoms with Crippen LogP contribution in [-0.4, -0.2) is 29.0 Å². The van der Waals surface area contributed by atoms with Crippen molar-refractivity contribution < 1.29 is 4.79 Å². The van der Waals surface area contributed by atoms with Gasteiger partial charge in [-0.1, -0.05) is 0 Å². The van der Waals surface area contributed by atoms with Crippen LogP contribution in [-0.2, 0) is 4.79 Å². The minimum atomic E-state index is -0.0176. The molecule has 7 heteroatoms. The molecule has 1 aromatic heterocycles. The van der Waals surface area contributed by atoms with Gasteiger partial charge >= 0.3 is 0 Å². The molecule has 1 aromatic rings. The molecule has 0 saturated carbocycles. The number of nitrogens with zero attached hydrogens (tertiary/aromatic N) is 2. The zero-order valence-electron chi connectivity index (χ0n) is 9.04. The molecule has 1 aliphatic rings. The van der Waals surface area contributed by atoms with Crippen molar-refractivity contribution in [2.75, 3.05) is 18.4 Å². The summed E-state index contributed by atoms with van der Waals surface area (Å²) in [5.74, 6) is 0.873. The van der Waals surface area contributed by atoms with Crippen molar-refractivity contribution in [3.63, 3.8) is 0 Å². The van der Waals surface area contributed by atoms with Crippen molar-refractivity contribution in [1.82, 2.24) is 15.3 Å². The lowest BCUT2D eigenvalue weighted by Gasteiger charge is -2.09. The highest BCUT2D eigenvalue weighted by atomic mass is 79.9. The topological polar surface area (TPSA) is 66.9 Å². The van der Waals surface area contributed by atoms with Crippen LogP contribution in [0, 0.1) is 5.92 Å². The van der Waals surface area contributed by atoms with E-state index in [2.05, 4.69) is 52.5 Å². The number of amides is 1. The summed E-state index contributed by atoms with van der Waals surface area (Å²) in [4.78, 5) is 20.0. The Morgan fingerprint density at radius 3 is 3.06 bits per heavy atom. The van der Waals surface area contributed by atoms with Gasteiger partial charge in [0, 0.05) is 6.42 Å². The first kappa shape index (κ1) is 12.9. The second-order valence-electron chi connectivity index (χ2n) is 3.94. The van der Waals surface area contributed by atoms with E-state index in [1.165, 1.54) is 0 Å². The normalized spacial score (nSPS) is 19.3. The molecule has 0 spiro atoms. The number of hydrogen-bond acceptors (Lipinski definition) is 4. The Labute approximate surface area is 116 Å². The van der Waals surface area contributed by atoms with Gasteiger partial charge in [-0.25, -0.2) is 9.97 Å². The first-order chi connectivity index (χ1) is 8.15. The molecule has 1 atom stereocenters. The number of halogens is 2. The van der Waals surface area contributed by atoms with Crippen LogP contribution in [0.4, 0.5) is 5.82 Å². The Balaban J connectivity index is 1.93. The average molecular weight is 364 g/mol. The number of rotatable bonds is 3. The number of anilines is 1. The number of carbonyl (C=O) groups is 1. The van der Waals surface area contributed by atoms with E-state index in [-0.39, 0.29) is 5.91 Å². The maximum Gasteiger partial charge on any atom is 0.225 e. The van der Waals surface area contributed by atoms with E-state index in [9.17, 15) is 4.79 Å². The standard InChI is InChI=1S/C10H12Br2N4O/c11-7-5-14-10(9(12)15-7)16-8(17)3-6-1-2-13-4-6/h5-6,13H,1-4H2,(H,14,16,17). The molecule has 2 rings (SSSR count). The first-order valence-electron chi connectivity index (χ1n) is 5.34. The van der Waals surface area contributed by atoms with Crippen molar-refractivity contribution >= 4 is 43.6 Å². The molecule has 17 heavy (non-hydrogen) atoms. The van der Waals surface area contributed by atoms with Gasteiger partial charge in [0.25, 0.3) is 0 Å². The number of nitrogens with one attached hydrogen (secondary N) is 2. The van der Waals surface area contributed by atoms with E-state index < -0.39 is 0 Å². The Bertz CT molecular complexity index is 421. The van der Waals surface area contributed by atoms with Gasteiger partial charge in [-0.15, -0.1) is 0 Å². The van der Waals surface area contributed by atoms with E-state index in [1.807, 2.05) is 0 Å². The van der Waals surface area contributed by atoms with Crippen molar-refractivity contribution in [2.45, 2.75) is 12.8 Å². The fraction of sp³-hybridized carbons (Fsp3) is 0.500. The lowest BCUT2D eigenvalue weighted by atomic mass is 10.0. The van der Waals surface area contributed by atoms with Crippen LogP contribution in [0.5, 0.6) is 0 Å². The predicted molar refractivity (Wildman–Crippen MR) is 71.7 cm³/mol. The molecule has 0 aliphatic carbocycles. The Kier molecular flexibility index (Phi) is 4.47. The minimum absolute atomic E-state index is 0.0176. The van der Waals surface area contributed by atoms with E-state index in [4.69, 9.17) is 0 Å². The summed E-state index contributed by atoms with van der Waals surface area (Å²) < 4.78 is 1.16. The third kappa shape index (κ3) is 3.72.